The van der Waals surface area contributed by atoms with Gasteiger partial charge in [-0.15, -0.1) is 0 Å². The molecule has 1 aromatic rings. The highest BCUT2D eigenvalue weighted by Gasteiger charge is 2.38. The van der Waals surface area contributed by atoms with Gasteiger partial charge in [0.1, 0.15) is 5.75 Å². The van der Waals surface area contributed by atoms with Gasteiger partial charge in [0.15, 0.2) is 5.78 Å². The number of nitrogens with zero attached hydrogens (tertiary/aromatic N) is 1. The number of esters is 1. The number of Topliss-reactive ketones (excluding diaryl/α,β-unsaturated/α-hetero) is 1. The lowest BCUT2D eigenvalue weighted by Gasteiger charge is -2.21. The minimum Gasteiger partial charge on any atom is -0.466 e. The third kappa shape index (κ3) is 5.14. The van der Waals surface area contributed by atoms with E-state index in [2.05, 4.69) is 0 Å². The van der Waals surface area contributed by atoms with Gasteiger partial charge in [-0.05, 0) is 19.8 Å². The molecular weight excluding hydrogens is 318 g/mol. The summed E-state index contributed by atoms with van der Waals surface area (Å²) in [7, 11) is -3.74. The molecule has 0 amide bonds. The van der Waals surface area contributed by atoms with Crippen LogP contribution in [-0.4, -0.2) is 49.4 Å². The fourth-order valence-corrected chi connectivity index (χ4v) is 4.00. The molecule has 0 aliphatic heterocycles. The second-order valence-electron chi connectivity index (χ2n) is 5.44. The van der Waals surface area contributed by atoms with Crippen LogP contribution in [0.25, 0.3) is 0 Å². The van der Waals surface area contributed by atoms with Gasteiger partial charge >= 0.3 is 5.97 Å². The van der Waals surface area contributed by atoms with Gasteiger partial charge in [-0.2, -0.15) is 4.31 Å². The lowest BCUT2D eigenvalue weighted by molar-refractivity contribution is -0.143. The summed E-state index contributed by atoms with van der Waals surface area (Å²) in [5.74, 6) is -1.44. The molecule has 1 aliphatic rings. The molecule has 1 fully saturated rings. The fourth-order valence-electron chi connectivity index (χ4n) is 2.30. The van der Waals surface area contributed by atoms with Crippen molar-refractivity contribution in [3.8, 4) is 0 Å². The zero-order valence-corrected chi connectivity index (χ0v) is 13.9. The van der Waals surface area contributed by atoms with E-state index in [1.54, 1.807) is 37.3 Å². The van der Waals surface area contributed by atoms with Crippen molar-refractivity contribution in [1.82, 2.24) is 4.31 Å². The zero-order valence-electron chi connectivity index (χ0n) is 13.1. The van der Waals surface area contributed by atoms with E-state index in [4.69, 9.17) is 4.74 Å². The maximum Gasteiger partial charge on any atom is 0.307 e. The molecule has 6 nitrogen and oxygen atoms in total. The third-order valence-corrected chi connectivity index (χ3v) is 5.38. The Hall–Kier alpha value is -1.73. The highest BCUT2D eigenvalue weighted by Crippen LogP contribution is 2.29. The number of carbonyl (C=O) groups is 2. The van der Waals surface area contributed by atoms with E-state index < -0.39 is 27.5 Å². The topological polar surface area (TPSA) is 80.8 Å². The van der Waals surface area contributed by atoms with E-state index in [-0.39, 0.29) is 25.6 Å². The molecule has 0 unspecified atom stereocenters. The van der Waals surface area contributed by atoms with Crippen LogP contribution >= 0.6 is 0 Å². The van der Waals surface area contributed by atoms with Crippen LogP contribution < -0.4 is 0 Å². The maximum atomic E-state index is 12.5. The second-order valence-corrected chi connectivity index (χ2v) is 7.36. The van der Waals surface area contributed by atoms with Crippen molar-refractivity contribution in [3.05, 3.63) is 35.9 Å². The molecule has 0 radical (unpaired) electrons. The Balaban J connectivity index is 2.02. The van der Waals surface area contributed by atoms with Crippen LogP contribution in [0.2, 0.25) is 0 Å². The third-order valence-electron chi connectivity index (χ3n) is 3.56. The lowest BCUT2D eigenvalue weighted by Crippen LogP contribution is -2.38. The fraction of sp³-hybridized carbons (Fsp3) is 0.500. The zero-order chi connectivity index (χ0) is 16.9. The number of ether oxygens (including phenoxy) is 1. The van der Waals surface area contributed by atoms with Gasteiger partial charge in [-0.25, -0.2) is 8.42 Å². The van der Waals surface area contributed by atoms with Crippen LogP contribution in [0.5, 0.6) is 0 Å². The first-order valence-electron chi connectivity index (χ1n) is 7.67. The molecule has 0 aromatic heterocycles. The van der Waals surface area contributed by atoms with Gasteiger partial charge in [0, 0.05) is 18.2 Å². The molecule has 0 bridgehead atoms. The summed E-state index contributed by atoms with van der Waals surface area (Å²) >= 11 is 0. The standard InChI is InChI=1S/C16H21NO5S/c1-2-22-16(19)10-11-17(14-8-9-14)23(20,21)12-15(18)13-6-4-3-5-7-13/h3-7,14H,2,8-12H2,1H3. The Labute approximate surface area is 136 Å². The highest BCUT2D eigenvalue weighted by molar-refractivity contribution is 7.89. The van der Waals surface area contributed by atoms with E-state index in [1.807, 2.05) is 0 Å². The highest BCUT2D eigenvalue weighted by atomic mass is 32.2. The van der Waals surface area contributed by atoms with Crippen LogP contribution in [0.15, 0.2) is 30.3 Å². The summed E-state index contributed by atoms with van der Waals surface area (Å²) in [4.78, 5) is 23.6. The van der Waals surface area contributed by atoms with Crippen molar-refractivity contribution in [2.45, 2.75) is 32.2 Å². The molecule has 1 aliphatic carbocycles. The van der Waals surface area contributed by atoms with Crippen molar-refractivity contribution >= 4 is 21.8 Å². The Morgan fingerprint density at radius 1 is 1.22 bits per heavy atom. The number of benzene rings is 1. The lowest BCUT2D eigenvalue weighted by atomic mass is 10.2. The van der Waals surface area contributed by atoms with Crippen LogP contribution in [0.1, 0.15) is 36.5 Å². The Morgan fingerprint density at radius 2 is 1.87 bits per heavy atom. The largest absolute Gasteiger partial charge is 0.466 e. The smallest absolute Gasteiger partial charge is 0.307 e. The minimum atomic E-state index is -3.74. The van der Waals surface area contributed by atoms with Crippen molar-refractivity contribution in [2.24, 2.45) is 0 Å². The molecule has 0 spiro atoms. The Morgan fingerprint density at radius 3 is 2.43 bits per heavy atom. The average molecular weight is 339 g/mol. The summed E-state index contributed by atoms with van der Waals surface area (Å²) in [6.45, 7) is 2.03. The van der Waals surface area contributed by atoms with Crippen LogP contribution in [0.3, 0.4) is 0 Å². The Bertz CT molecular complexity index is 652. The molecule has 0 N–H and O–H groups in total. The Kier molecular flexibility index (Phi) is 5.90. The predicted molar refractivity (Wildman–Crippen MR) is 85.5 cm³/mol. The summed E-state index contributed by atoms with van der Waals surface area (Å²) in [5.41, 5.74) is 0.372. The molecule has 23 heavy (non-hydrogen) atoms. The van der Waals surface area contributed by atoms with Crippen LogP contribution in [0, 0.1) is 0 Å². The summed E-state index contributed by atoms with van der Waals surface area (Å²) in [6, 6.07) is 8.24. The molecule has 0 heterocycles. The van der Waals surface area contributed by atoms with E-state index in [0.29, 0.717) is 5.56 Å². The predicted octanol–water partition coefficient (Wildman–Crippen LogP) is 1.62. The monoisotopic (exact) mass is 339 g/mol. The minimum absolute atomic E-state index is 0.00307. The van der Waals surface area contributed by atoms with Crippen molar-refractivity contribution in [3.63, 3.8) is 0 Å². The van der Waals surface area contributed by atoms with Gasteiger partial charge in [0.25, 0.3) is 0 Å². The summed E-state index contributed by atoms with van der Waals surface area (Å²) < 4.78 is 31.1. The van der Waals surface area contributed by atoms with E-state index in [0.717, 1.165) is 12.8 Å². The van der Waals surface area contributed by atoms with Gasteiger partial charge in [0.05, 0.1) is 13.0 Å². The van der Waals surface area contributed by atoms with Crippen LogP contribution in [-0.2, 0) is 19.6 Å². The average Bonchev–Trinajstić information content (AvgIpc) is 3.32. The van der Waals surface area contributed by atoms with Crippen molar-refractivity contribution < 1.29 is 22.7 Å². The molecule has 0 atom stereocenters. The first-order valence-corrected chi connectivity index (χ1v) is 9.28. The number of carbonyl (C=O) groups excluding carboxylic acids is 2. The van der Waals surface area contributed by atoms with Crippen molar-refractivity contribution in [1.29, 1.82) is 0 Å². The summed E-state index contributed by atoms with van der Waals surface area (Å²) in [5, 5.41) is 0. The number of ketones is 1. The molecule has 1 saturated carbocycles. The number of hydrogen-bond acceptors (Lipinski definition) is 5. The second kappa shape index (κ2) is 7.70. The molecule has 7 heteroatoms. The van der Waals surface area contributed by atoms with Gasteiger partial charge < -0.3 is 4.74 Å². The summed E-state index contributed by atoms with van der Waals surface area (Å²) in [6.07, 6.45) is 1.53. The quantitative estimate of drug-likeness (QED) is 0.504. The van der Waals surface area contributed by atoms with E-state index in [1.165, 1.54) is 4.31 Å². The van der Waals surface area contributed by atoms with Crippen molar-refractivity contribution in [2.75, 3.05) is 18.9 Å². The van der Waals surface area contributed by atoms with Gasteiger partial charge in [-0.3, -0.25) is 9.59 Å². The molecule has 2 rings (SSSR count). The van der Waals surface area contributed by atoms with Crippen LogP contribution in [0.4, 0.5) is 0 Å². The van der Waals surface area contributed by atoms with Gasteiger partial charge in [-0.1, -0.05) is 30.3 Å². The molecular formula is C16H21NO5S. The SMILES string of the molecule is CCOC(=O)CCN(C1CC1)S(=O)(=O)CC(=O)c1ccccc1. The number of rotatable bonds is 9. The molecule has 0 saturated heterocycles. The van der Waals surface area contributed by atoms with E-state index >= 15 is 0 Å². The normalized spacial score (nSPS) is 14.7. The first kappa shape index (κ1) is 17.6. The molecule has 1 aromatic carbocycles. The number of hydrogen-bond donors (Lipinski definition) is 0. The van der Waals surface area contributed by atoms with Gasteiger partial charge in [0.2, 0.25) is 10.0 Å². The van der Waals surface area contributed by atoms with E-state index in [9.17, 15) is 18.0 Å². The number of sulfonamides is 1. The molecule has 126 valence electrons. The maximum absolute atomic E-state index is 12.5. The first-order chi connectivity index (χ1) is 10.9.